The molecular weight excluding hydrogens is 354 g/mol. The Morgan fingerprint density at radius 2 is 1.75 bits per heavy atom. The highest BCUT2D eigenvalue weighted by atomic mass is 16.6. The van der Waals surface area contributed by atoms with Gasteiger partial charge in [-0.05, 0) is 35.9 Å². The average Bonchev–Trinajstić information content (AvgIpc) is 2.73. The third-order valence-corrected chi connectivity index (χ3v) is 4.14. The predicted octanol–water partition coefficient (Wildman–Crippen LogP) is 5.52. The van der Waals surface area contributed by atoms with Crippen molar-refractivity contribution in [2.75, 3.05) is 11.9 Å². The van der Waals surface area contributed by atoms with Crippen LogP contribution in [0.4, 0.5) is 22.7 Å². The quantitative estimate of drug-likeness (QED) is 0.324. The Morgan fingerprint density at radius 1 is 1.04 bits per heavy atom. The molecule has 0 heterocycles. The molecule has 0 unspecified atom stereocenters. The smallest absolute Gasteiger partial charge is 0.270 e. The first-order chi connectivity index (χ1) is 13.6. The van der Waals surface area contributed by atoms with Crippen LogP contribution in [0.1, 0.15) is 11.1 Å². The summed E-state index contributed by atoms with van der Waals surface area (Å²) >= 11 is 0. The lowest BCUT2D eigenvalue weighted by molar-refractivity contribution is -0.384. The van der Waals surface area contributed by atoms with Gasteiger partial charge < -0.3 is 4.90 Å². The van der Waals surface area contributed by atoms with Crippen LogP contribution in [-0.2, 0) is 6.54 Å². The van der Waals surface area contributed by atoms with Crippen molar-refractivity contribution < 1.29 is 4.92 Å². The Hall–Kier alpha value is -4.05. The van der Waals surface area contributed by atoms with E-state index >= 15 is 0 Å². The molecule has 0 aliphatic heterocycles. The van der Waals surface area contributed by atoms with Gasteiger partial charge in [0.2, 0.25) is 0 Å². The lowest BCUT2D eigenvalue weighted by atomic mass is 10.2. The van der Waals surface area contributed by atoms with Crippen LogP contribution in [-0.4, -0.2) is 12.0 Å². The van der Waals surface area contributed by atoms with Gasteiger partial charge in [0.25, 0.3) is 5.69 Å². The third kappa shape index (κ3) is 4.56. The Morgan fingerprint density at radius 3 is 2.39 bits per heavy atom. The number of nitro benzene ring substituents is 1. The summed E-state index contributed by atoms with van der Waals surface area (Å²) in [4.78, 5) is 12.4. The minimum atomic E-state index is -0.549. The molecule has 3 aromatic carbocycles. The van der Waals surface area contributed by atoms with E-state index < -0.39 is 4.92 Å². The molecule has 3 aromatic rings. The highest BCUT2D eigenvalue weighted by molar-refractivity contribution is 5.58. The van der Waals surface area contributed by atoms with Crippen LogP contribution < -0.4 is 4.90 Å². The molecular formula is C21H17N5O2. The molecule has 7 nitrogen and oxygen atoms in total. The molecule has 0 spiro atoms. The first kappa shape index (κ1) is 18.7. The molecule has 3 rings (SSSR count). The highest BCUT2D eigenvalue weighted by Gasteiger charge is 2.10. The number of nitro groups is 1. The van der Waals surface area contributed by atoms with Crippen LogP contribution in [0.5, 0.6) is 0 Å². The van der Waals surface area contributed by atoms with Gasteiger partial charge in [-0.2, -0.15) is 10.4 Å². The topological polar surface area (TPSA) is 94.9 Å². The Balaban J connectivity index is 1.72. The van der Waals surface area contributed by atoms with Crippen molar-refractivity contribution in [2.45, 2.75) is 6.54 Å². The lowest BCUT2D eigenvalue weighted by Gasteiger charge is -2.19. The SMILES string of the molecule is CN(Cc1ccccc1)c1ccc(N=Nc2ccc([N+](=O)[O-])cc2C#N)cc1. The Labute approximate surface area is 162 Å². The van der Waals surface area contributed by atoms with Crippen molar-refractivity contribution in [2.24, 2.45) is 10.2 Å². The fourth-order valence-electron chi connectivity index (χ4n) is 2.65. The number of anilines is 1. The van der Waals surface area contributed by atoms with Crippen LogP contribution in [0.2, 0.25) is 0 Å². The summed E-state index contributed by atoms with van der Waals surface area (Å²) in [6.45, 7) is 0.788. The molecule has 0 aliphatic rings. The molecule has 7 heteroatoms. The van der Waals surface area contributed by atoms with Crippen LogP contribution >= 0.6 is 0 Å². The maximum atomic E-state index is 10.8. The van der Waals surface area contributed by atoms with Crippen LogP contribution in [0.3, 0.4) is 0 Å². The van der Waals surface area contributed by atoms with Crippen LogP contribution in [0, 0.1) is 21.4 Å². The fourth-order valence-corrected chi connectivity index (χ4v) is 2.65. The second-order valence-electron chi connectivity index (χ2n) is 6.13. The average molecular weight is 371 g/mol. The molecule has 0 atom stereocenters. The minimum Gasteiger partial charge on any atom is -0.370 e. The minimum absolute atomic E-state index is 0.108. The molecule has 0 N–H and O–H groups in total. The zero-order chi connectivity index (χ0) is 19.9. The maximum absolute atomic E-state index is 10.8. The van der Waals surface area contributed by atoms with E-state index in [1.54, 1.807) is 0 Å². The van der Waals surface area contributed by atoms with Crippen molar-refractivity contribution in [1.82, 2.24) is 0 Å². The normalized spacial score (nSPS) is 10.6. The number of rotatable bonds is 6. The second-order valence-corrected chi connectivity index (χ2v) is 6.13. The second kappa shape index (κ2) is 8.56. The van der Waals surface area contributed by atoms with E-state index in [9.17, 15) is 10.1 Å². The van der Waals surface area contributed by atoms with E-state index in [2.05, 4.69) is 27.3 Å². The summed E-state index contributed by atoms with van der Waals surface area (Å²) in [6, 6.07) is 23.5. The molecule has 0 amide bonds. The van der Waals surface area contributed by atoms with E-state index in [0.717, 1.165) is 12.2 Å². The Bertz CT molecular complexity index is 1040. The molecule has 0 aliphatic carbocycles. The number of azo groups is 1. The zero-order valence-electron chi connectivity index (χ0n) is 15.2. The van der Waals surface area contributed by atoms with Crippen LogP contribution in [0.15, 0.2) is 83.0 Å². The standard InChI is InChI=1S/C21H17N5O2/c1-25(15-16-5-3-2-4-6-16)19-9-7-18(8-10-19)23-24-21-12-11-20(26(27)28)13-17(21)14-22/h2-13H,15H2,1H3. The summed E-state index contributed by atoms with van der Waals surface area (Å²) in [5.41, 5.74) is 3.13. The van der Waals surface area contributed by atoms with E-state index in [-0.39, 0.29) is 11.3 Å². The number of nitrogens with zero attached hydrogens (tertiary/aromatic N) is 5. The van der Waals surface area contributed by atoms with Crippen molar-refractivity contribution in [3.63, 3.8) is 0 Å². The number of hydrogen-bond acceptors (Lipinski definition) is 6. The third-order valence-electron chi connectivity index (χ3n) is 4.14. The summed E-state index contributed by atoms with van der Waals surface area (Å²) < 4.78 is 0. The molecule has 28 heavy (non-hydrogen) atoms. The first-order valence-electron chi connectivity index (χ1n) is 8.52. The number of nitriles is 1. The number of benzene rings is 3. The Kier molecular flexibility index (Phi) is 5.72. The number of hydrogen-bond donors (Lipinski definition) is 0. The predicted molar refractivity (Wildman–Crippen MR) is 107 cm³/mol. The summed E-state index contributed by atoms with van der Waals surface area (Å²) in [5, 5.41) is 28.1. The van der Waals surface area contributed by atoms with Crippen LogP contribution in [0.25, 0.3) is 0 Å². The van der Waals surface area contributed by atoms with Gasteiger partial charge in [-0.1, -0.05) is 30.3 Å². The highest BCUT2D eigenvalue weighted by Crippen LogP contribution is 2.27. The van der Waals surface area contributed by atoms with Crippen molar-refractivity contribution in [3.05, 3.63) is 94.0 Å². The van der Waals surface area contributed by atoms with Gasteiger partial charge in [0.15, 0.2) is 0 Å². The zero-order valence-corrected chi connectivity index (χ0v) is 15.2. The number of non-ortho nitro benzene ring substituents is 1. The van der Waals surface area contributed by atoms with Gasteiger partial charge in [0.05, 0.1) is 16.2 Å². The van der Waals surface area contributed by atoms with Crippen molar-refractivity contribution >= 4 is 22.7 Å². The van der Waals surface area contributed by atoms with Gasteiger partial charge in [0.1, 0.15) is 11.8 Å². The monoisotopic (exact) mass is 371 g/mol. The molecule has 0 saturated carbocycles. The lowest BCUT2D eigenvalue weighted by Crippen LogP contribution is -2.15. The van der Waals surface area contributed by atoms with Gasteiger partial charge in [0, 0.05) is 31.4 Å². The largest absolute Gasteiger partial charge is 0.370 e. The van der Waals surface area contributed by atoms with Gasteiger partial charge >= 0.3 is 0 Å². The molecule has 138 valence electrons. The van der Waals surface area contributed by atoms with Crippen molar-refractivity contribution in [3.8, 4) is 6.07 Å². The summed E-state index contributed by atoms with van der Waals surface area (Å²) in [5.74, 6) is 0. The van der Waals surface area contributed by atoms with E-state index in [1.807, 2.05) is 55.6 Å². The molecule has 0 fully saturated rings. The van der Waals surface area contributed by atoms with Gasteiger partial charge in [-0.3, -0.25) is 10.1 Å². The first-order valence-corrected chi connectivity index (χ1v) is 8.52. The van der Waals surface area contributed by atoms with E-state index in [4.69, 9.17) is 5.26 Å². The fraction of sp³-hybridized carbons (Fsp3) is 0.0952. The maximum Gasteiger partial charge on any atom is 0.270 e. The molecule has 0 radical (unpaired) electrons. The molecule has 0 aromatic heterocycles. The summed E-state index contributed by atoms with van der Waals surface area (Å²) in [7, 11) is 2.01. The summed E-state index contributed by atoms with van der Waals surface area (Å²) in [6.07, 6.45) is 0. The van der Waals surface area contributed by atoms with Gasteiger partial charge in [-0.15, -0.1) is 5.11 Å². The van der Waals surface area contributed by atoms with Gasteiger partial charge in [-0.25, -0.2) is 0 Å². The molecule has 0 bridgehead atoms. The van der Waals surface area contributed by atoms with E-state index in [1.165, 1.54) is 23.8 Å². The van der Waals surface area contributed by atoms with E-state index in [0.29, 0.717) is 11.4 Å². The molecule has 0 saturated heterocycles. The van der Waals surface area contributed by atoms with Crippen molar-refractivity contribution in [1.29, 1.82) is 5.26 Å².